The number of Topliss-reactive ketones (excluding diaryl/α,β-unsaturated/α-hetero) is 1. The Balaban J connectivity index is 1.74. The predicted octanol–water partition coefficient (Wildman–Crippen LogP) is 4.12. The van der Waals surface area contributed by atoms with Crippen molar-refractivity contribution in [3.63, 3.8) is 0 Å². The molecule has 2 aromatic carbocycles. The fourth-order valence-electron chi connectivity index (χ4n) is 2.50. The summed E-state index contributed by atoms with van der Waals surface area (Å²) in [6.45, 7) is 2.01. The Morgan fingerprint density at radius 1 is 1.05 bits per heavy atom. The molecule has 2 aromatic rings. The van der Waals surface area contributed by atoms with Gasteiger partial charge in [-0.3, -0.25) is 4.79 Å². The Kier molecular flexibility index (Phi) is 2.94. The summed E-state index contributed by atoms with van der Waals surface area (Å²) in [6, 6.07) is 14.2. The fourth-order valence-corrected chi connectivity index (χ4v) is 2.50. The summed E-state index contributed by atoms with van der Waals surface area (Å²) < 4.78 is 12.9. The monoisotopic (exact) mass is 254 g/mol. The third kappa shape index (κ3) is 2.43. The number of hydrogen-bond donors (Lipinski definition) is 0. The summed E-state index contributed by atoms with van der Waals surface area (Å²) in [5.74, 6) is 0.294. The highest BCUT2D eigenvalue weighted by Crippen LogP contribution is 2.49. The predicted molar refractivity (Wildman–Crippen MR) is 72.8 cm³/mol. The minimum atomic E-state index is -0.231. The lowest BCUT2D eigenvalue weighted by atomic mass is 10.0. The first-order valence-corrected chi connectivity index (χ1v) is 6.51. The molecular formula is C17H15FO. The van der Waals surface area contributed by atoms with Crippen molar-refractivity contribution in [2.24, 2.45) is 5.92 Å². The van der Waals surface area contributed by atoms with Gasteiger partial charge in [0.1, 0.15) is 5.82 Å². The highest BCUT2D eigenvalue weighted by molar-refractivity contribution is 6.00. The molecule has 1 fully saturated rings. The topological polar surface area (TPSA) is 17.1 Å². The van der Waals surface area contributed by atoms with Crippen LogP contribution < -0.4 is 0 Å². The van der Waals surface area contributed by atoms with Crippen LogP contribution in [0, 0.1) is 18.7 Å². The molecule has 0 heterocycles. The lowest BCUT2D eigenvalue weighted by molar-refractivity contribution is 0.0965. The smallest absolute Gasteiger partial charge is 0.166 e. The van der Waals surface area contributed by atoms with Gasteiger partial charge in [0.2, 0.25) is 0 Å². The third-order valence-corrected chi connectivity index (χ3v) is 3.76. The first kappa shape index (κ1) is 12.1. The van der Waals surface area contributed by atoms with Gasteiger partial charge in [-0.25, -0.2) is 4.39 Å². The Bertz CT molecular complexity index is 598. The van der Waals surface area contributed by atoms with Gasteiger partial charge in [-0.1, -0.05) is 42.0 Å². The number of halogens is 1. The van der Waals surface area contributed by atoms with Gasteiger partial charge in [0, 0.05) is 11.5 Å². The van der Waals surface area contributed by atoms with Crippen molar-refractivity contribution in [2.45, 2.75) is 19.3 Å². The van der Waals surface area contributed by atoms with Crippen molar-refractivity contribution in [2.75, 3.05) is 0 Å². The van der Waals surface area contributed by atoms with E-state index in [0.29, 0.717) is 0 Å². The van der Waals surface area contributed by atoms with Crippen molar-refractivity contribution in [3.8, 4) is 0 Å². The van der Waals surface area contributed by atoms with Crippen LogP contribution in [0.1, 0.15) is 33.8 Å². The van der Waals surface area contributed by atoms with Crippen LogP contribution in [0.2, 0.25) is 0 Å². The van der Waals surface area contributed by atoms with E-state index in [4.69, 9.17) is 0 Å². The zero-order valence-electron chi connectivity index (χ0n) is 10.8. The van der Waals surface area contributed by atoms with E-state index < -0.39 is 0 Å². The van der Waals surface area contributed by atoms with E-state index in [-0.39, 0.29) is 23.4 Å². The highest BCUT2D eigenvalue weighted by Gasteiger charge is 2.43. The van der Waals surface area contributed by atoms with Crippen LogP contribution in [-0.4, -0.2) is 5.78 Å². The normalized spacial score (nSPS) is 21.2. The highest BCUT2D eigenvalue weighted by atomic mass is 19.1. The molecule has 0 aromatic heterocycles. The first-order chi connectivity index (χ1) is 9.15. The molecule has 0 aliphatic heterocycles. The summed E-state index contributed by atoms with van der Waals surface area (Å²) in [5.41, 5.74) is 2.99. The molecule has 1 nitrogen and oxygen atoms in total. The van der Waals surface area contributed by atoms with Crippen LogP contribution in [0.15, 0.2) is 48.5 Å². The first-order valence-electron chi connectivity index (χ1n) is 6.51. The van der Waals surface area contributed by atoms with Gasteiger partial charge in [-0.15, -0.1) is 0 Å². The van der Waals surface area contributed by atoms with Crippen molar-refractivity contribution >= 4 is 5.78 Å². The molecular weight excluding hydrogens is 239 g/mol. The van der Waals surface area contributed by atoms with E-state index in [1.165, 1.54) is 12.1 Å². The Labute approximate surface area is 112 Å². The van der Waals surface area contributed by atoms with Crippen molar-refractivity contribution in [3.05, 3.63) is 71.0 Å². The molecule has 0 radical (unpaired) electrons. The lowest BCUT2D eigenvalue weighted by Gasteiger charge is -2.02. The SMILES string of the molecule is Cc1ccc(C(=O)C2CC2c2ccc(F)cc2)cc1. The number of rotatable bonds is 3. The quantitative estimate of drug-likeness (QED) is 0.753. The summed E-state index contributed by atoms with van der Waals surface area (Å²) in [7, 11) is 0. The molecule has 0 amide bonds. The number of carbonyl (C=O) groups is 1. The number of hydrogen-bond acceptors (Lipinski definition) is 1. The summed E-state index contributed by atoms with van der Waals surface area (Å²) in [5, 5.41) is 0. The standard InChI is InChI=1S/C17H15FO/c1-11-2-4-13(5-3-11)17(19)16-10-15(16)12-6-8-14(18)9-7-12/h2-9,15-16H,10H2,1H3. The maximum atomic E-state index is 12.9. The average Bonchev–Trinajstić information content (AvgIpc) is 3.20. The minimum absolute atomic E-state index is 0.0631. The van der Waals surface area contributed by atoms with Crippen molar-refractivity contribution < 1.29 is 9.18 Å². The van der Waals surface area contributed by atoms with E-state index in [9.17, 15) is 9.18 Å². The molecule has 2 heteroatoms. The Morgan fingerprint density at radius 2 is 1.68 bits per heavy atom. The summed E-state index contributed by atoms with van der Waals surface area (Å²) >= 11 is 0. The molecule has 1 saturated carbocycles. The minimum Gasteiger partial charge on any atom is -0.294 e. The van der Waals surface area contributed by atoms with Crippen LogP contribution in [0.4, 0.5) is 4.39 Å². The van der Waals surface area contributed by atoms with Gasteiger partial charge in [-0.05, 0) is 37.0 Å². The van der Waals surface area contributed by atoms with E-state index in [2.05, 4.69) is 0 Å². The lowest BCUT2D eigenvalue weighted by Crippen LogP contribution is -2.03. The molecule has 1 aliphatic rings. The second-order valence-corrected chi connectivity index (χ2v) is 5.23. The van der Waals surface area contributed by atoms with Crippen LogP contribution in [0.5, 0.6) is 0 Å². The zero-order valence-corrected chi connectivity index (χ0v) is 10.8. The maximum Gasteiger partial charge on any atom is 0.166 e. The molecule has 0 N–H and O–H groups in total. The van der Waals surface area contributed by atoms with Gasteiger partial charge in [0.25, 0.3) is 0 Å². The molecule has 0 bridgehead atoms. The van der Waals surface area contributed by atoms with E-state index in [1.54, 1.807) is 12.1 Å². The zero-order chi connectivity index (χ0) is 13.4. The van der Waals surface area contributed by atoms with Crippen molar-refractivity contribution in [1.29, 1.82) is 0 Å². The summed E-state index contributed by atoms with van der Waals surface area (Å²) in [4.78, 5) is 12.3. The molecule has 96 valence electrons. The molecule has 0 saturated heterocycles. The van der Waals surface area contributed by atoms with Crippen LogP contribution in [0.25, 0.3) is 0 Å². The van der Waals surface area contributed by atoms with Gasteiger partial charge in [0.05, 0.1) is 0 Å². The number of carbonyl (C=O) groups excluding carboxylic acids is 1. The van der Waals surface area contributed by atoms with E-state index in [0.717, 1.165) is 23.1 Å². The van der Waals surface area contributed by atoms with Crippen LogP contribution >= 0.6 is 0 Å². The second kappa shape index (κ2) is 4.61. The largest absolute Gasteiger partial charge is 0.294 e. The fraction of sp³-hybridized carbons (Fsp3) is 0.235. The second-order valence-electron chi connectivity index (χ2n) is 5.23. The van der Waals surface area contributed by atoms with E-state index in [1.807, 2.05) is 31.2 Å². The molecule has 19 heavy (non-hydrogen) atoms. The van der Waals surface area contributed by atoms with Gasteiger partial charge >= 0.3 is 0 Å². The molecule has 2 unspecified atom stereocenters. The molecule has 3 rings (SSSR count). The van der Waals surface area contributed by atoms with Crippen molar-refractivity contribution in [1.82, 2.24) is 0 Å². The van der Waals surface area contributed by atoms with Gasteiger partial charge in [0.15, 0.2) is 5.78 Å². The molecule has 2 atom stereocenters. The Hall–Kier alpha value is -1.96. The molecule has 0 spiro atoms. The molecule has 1 aliphatic carbocycles. The summed E-state index contributed by atoms with van der Waals surface area (Å²) in [6.07, 6.45) is 0.873. The van der Waals surface area contributed by atoms with Gasteiger partial charge < -0.3 is 0 Å². The number of aryl methyl sites for hydroxylation is 1. The third-order valence-electron chi connectivity index (χ3n) is 3.76. The number of benzene rings is 2. The van der Waals surface area contributed by atoms with Crippen LogP contribution in [0.3, 0.4) is 0 Å². The van der Waals surface area contributed by atoms with Gasteiger partial charge in [-0.2, -0.15) is 0 Å². The Morgan fingerprint density at radius 3 is 2.32 bits per heavy atom. The number of ketones is 1. The average molecular weight is 254 g/mol. The van der Waals surface area contributed by atoms with E-state index >= 15 is 0 Å². The maximum absolute atomic E-state index is 12.9. The van der Waals surface area contributed by atoms with Crippen LogP contribution in [-0.2, 0) is 0 Å².